The smallest absolute Gasteiger partial charge is 0.459 e. The number of hydrogen-bond acceptors (Lipinski definition) is 9. The SMILES string of the molecule is C#CC1(O)C(F)=C(COP(=O)(N[C@@H](C)C(=O)OC(C)C)Oc2ccccc2)O[C@H]1n1ccc(=S)[nH]c1=O. The van der Waals surface area contributed by atoms with E-state index in [1.54, 1.807) is 32.0 Å². The van der Waals surface area contributed by atoms with Gasteiger partial charge in [0.25, 0.3) is 0 Å². The Morgan fingerprint density at radius 2 is 2.05 bits per heavy atom. The van der Waals surface area contributed by atoms with Crippen molar-refractivity contribution in [2.24, 2.45) is 0 Å². The minimum absolute atomic E-state index is 0.0932. The third-order valence-corrected chi connectivity index (χ3v) is 6.77. The number of carbonyl (C=O) groups is 1. The normalized spacial score (nSPS) is 21.6. The Balaban J connectivity index is 1.87. The van der Waals surface area contributed by atoms with E-state index in [0.717, 1.165) is 10.8 Å². The zero-order chi connectivity index (χ0) is 27.4. The van der Waals surface area contributed by atoms with Crippen molar-refractivity contribution in [1.82, 2.24) is 14.6 Å². The van der Waals surface area contributed by atoms with Crippen LogP contribution in [0.5, 0.6) is 5.75 Å². The molecule has 0 spiro atoms. The van der Waals surface area contributed by atoms with Gasteiger partial charge in [0.05, 0.1) is 6.10 Å². The molecule has 0 saturated carbocycles. The van der Waals surface area contributed by atoms with Gasteiger partial charge in [-0.15, -0.1) is 6.42 Å². The molecule has 3 N–H and O–H groups in total. The Hall–Kier alpha value is -3.27. The molecule has 1 aliphatic rings. The third-order valence-electron chi connectivity index (χ3n) is 4.91. The molecule has 0 bridgehead atoms. The molecule has 37 heavy (non-hydrogen) atoms. The van der Waals surface area contributed by atoms with E-state index in [9.17, 15) is 19.3 Å². The monoisotopic (exact) mass is 553 g/mol. The summed E-state index contributed by atoms with van der Waals surface area (Å²) in [6.45, 7) is 3.80. The minimum atomic E-state index is -4.39. The van der Waals surface area contributed by atoms with Crippen molar-refractivity contribution in [3.8, 4) is 18.1 Å². The van der Waals surface area contributed by atoms with Crippen LogP contribution in [0.15, 0.2) is 59.0 Å². The van der Waals surface area contributed by atoms with Crippen molar-refractivity contribution >= 4 is 25.9 Å². The van der Waals surface area contributed by atoms with Gasteiger partial charge in [0.15, 0.2) is 11.6 Å². The van der Waals surface area contributed by atoms with E-state index in [1.807, 2.05) is 5.92 Å². The summed E-state index contributed by atoms with van der Waals surface area (Å²) < 4.78 is 51.1. The molecule has 2 unspecified atom stereocenters. The van der Waals surface area contributed by atoms with Gasteiger partial charge in [-0.3, -0.25) is 18.9 Å². The average Bonchev–Trinajstić information content (AvgIpc) is 3.08. The van der Waals surface area contributed by atoms with Gasteiger partial charge >= 0.3 is 19.4 Å². The van der Waals surface area contributed by atoms with E-state index < -0.39 is 61.6 Å². The molecule has 3 rings (SSSR count). The molecule has 0 fully saturated rings. The number of aromatic nitrogens is 2. The van der Waals surface area contributed by atoms with Crippen molar-refractivity contribution in [3.05, 3.63) is 69.3 Å². The Labute approximate surface area is 216 Å². The molecule has 0 aliphatic carbocycles. The standard InChI is InChI=1S/C23H25FN3O8PS/c1-5-23(30)19(24)17(34-21(23)27-12-11-18(37)25-22(27)29)13-32-36(31,35-16-9-7-6-8-10-16)26-15(4)20(28)33-14(2)3/h1,6-12,14-15,21,30H,13H2,2-4H3,(H,26,31)(H,25,29,37)/t15-,21+,23?,36?/m0/s1. The first-order valence-electron chi connectivity index (χ1n) is 10.9. The zero-order valence-electron chi connectivity index (χ0n) is 20.0. The summed E-state index contributed by atoms with van der Waals surface area (Å²) in [5, 5.41) is 13.2. The van der Waals surface area contributed by atoms with Gasteiger partial charge in [-0.2, -0.15) is 5.09 Å². The number of H-pyrrole nitrogens is 1. The van der Waals surface area contributed by atoms with Crippen LogP contribution in [0.3, 0.4) is 0 Å². The van der Waals surface area contributed by atoms with E-state index in [-0.39, 0.29) is 10.4 Å². The van der Waals surface area contributed by atoms with E-state index in [2.05, 4.69) is 10.1 Å². The highest BCUT2D eigenvalue weighted by Crippen LogP contribution is 2.48. The maximum atomic E-state index is 15.2. The van der Waals surface area contributed by atoms with E-state index >= 15 is 4.39 Å². The van der Waals surface area contributed by atoms with Crippen LogP contribution in [0.2, 0.25) is 0 Å². The van der Waals surface area contributed by atoms with Gasteiger partial charge in [0.2, 0.25) is 11.8 Å². The van der Waals surface area contributed by atoms with Crippen LogP contribution in [0.1, 0.15) is 27.0 Å². The molecule has 11 nitrogen and oxygen atoms in total. The second kappa shape index (κ2) is 11.4. The van der Waals surface area contributed by atoms with E-state index in [4.69, 9.17) is 37.2 Å². The molecule has 1 aliphatic heterocycles. The molecule has 1 aromatic heterocycles. The molecule has 0 radical (unpaired) electrons. The number of carbonyl (C=O) groups excluding carboxylic acids is 1. The molecule has 0 saturated heterocycles. The van der Waals surface area contributed by atoms with Gasteiger partial charge in [-0.05, 0) is 39.0 Å². The lowest BCUT2D eigenvalue weighted by atomic mass is 10.0. The van der Waals surface area contributed by atoms with Crippen LogP contribution in [-0.4, -0.2) is 45.0 Å². The summed E-state index contributed by atoms with van der Waals surface area (Å²) in [5.74, 6) is -0.721. The highest BCUT2D eigenvalue weighted by Gasteiger charge is 2.52. The van der Waals surface area contributed by atoms with Gasteiger partial charge in [0.1, 0.15) is 23.0 Å². The average molecular weight is 554 g/mol. The highest BCUT2D eigenvalue weighted by atomic mass is 32.1. The lowest BCUT2D eigenvalue weighted by Gasteiger charge is -2.25. The molecular weight excluding hydrogens is 528 g/mol. The minimum Gasteiger partial charge on any atom is -0.464 e. The highest BCUT2D eigenvalue weighted by molar-refractivity contribution is 7.71. The maximum absolute atomic E-state index is 15.2. The number of para-hydroxylation sites is 1. The first-order valence-corrected chi connectivity index (χ1v) is 12.9. The molecule has 2 aromatic rings. The molecule has 2 heterocycles. The van der Waals surface area contributed by atoms with Crippen LogP contribution in [-0.2, 0) is 23.4 Å². The van der Waals surface area contributed by atoms with Crippen LogP contribution >= 0.6 is 20.0 Å². The quantitative estimate of drug-likeness (QED) is 0.174. The predicted octanol–water partition coefficient (Wildman–Crippen LogP) is 3.11. The summed E-state index contributed by atoms with van der Waals surface area (Å²) in [6.07, 6.45) is 4.37. The number of nitrogens with zero attached hydrogens (tertiary/aromatic N) is 1. The number of aliphatic hydroxyl groups is 1. The molecule has 4 atom stereocenters. The van der Waals surface area contributed by atoms with E-state index in [1.165, 1.54) is 25.1 Å². The van der Waals surface area contributed by atoms with E-state index in [0.29, 0.717) is 0 Å². The maximum Gasteiger partial charge on any atom is 0.459 e. The number of ether oxygens (including phenoxy) is 2. The van der Waals surface area contributed by atoms with Crippen molar-refractivity contribution < 1.29 is 37.4 Å². The molecule has 198 valence electrons. The number of terminal acetylenes is 1. The van der Waals surface area contributed by atoms with Gasteiger partial charge in [-0.1, -0.05) is 36.3 Å². The number of esters is 1. The summed E-state index contributed by atoms with van der Waals surface area (Å²) in [4.78, 5) is 26.9. The van der Waals surface area contributed by atoms with Crippen molar-refractivity contribution in [3.63, 3.8) is 0 Å². The molecular formula is C23H25FN3O8PS. The zero-order valence-corrected chi connectivity index (χ0v) is 21.8. The number of aromatic amines is 1. The summed E-state index contributed by atoms with van der Waals surface area (Å²) in [5.41, 5.74) is -3.51. The Kier molecular flexibility index (Phi) is 8.73. The lowest BCUT2D eigenvalue weighted by Crippen LogP contribution is -2.41. The Bertz CT molecular complexity index is 1390. The topological polar surface area (TPSA) is 141 Å². The summed E-state index contributed by atoms with van der Waals surface area (Å²) >= 11 is 4.88. The second-order valence-corrected chi connectivity index (χ2v) is 10.3. The van der Waals surface area contributed by atoms with Crippen LogP contribution in [0.4, 0.5) is 4.39 Å². The summed E-state index contributed by atoms with van der Waals surface area (Å²) in [6, 6.07) is 8.05. The van der Waals surface area contributed by atoms with Crippen LogP contribution in [0.25, 0.3) is 0 Å². The largest absolute Gasteiger partial charge is 0.464 e. The summed E-state index contributed by atoms with van der Waals surface area (Å²) in [7, 11) is -4.39. The number of benzene rings is 1. The fourth-order valence-corrected chi connectivity index (χ4v) is 4.77. The molecule has 0 amide bonds. The fraction of sp³-hybridized carbons (Fsp3) is 0.348. The predicted molar refractivity (Wildman–Crippen MR) is 132 cm³/mol. The van der Waals surface area contributed by atoms with Gasteiger partial charge < -0.3 is 19.1 Å². The Morgan fingerprint density at radius 1 is 1.38 bits per heavy atom. The first-order chi connectivity index (χ1) is 17.4. The Morgan fingerprint density at radius 3 is 2.65 bits per heavy atom. The fourth-order valence-electron chi connectivity index (χ4n) is 3.17. The van der Waals surface area contributed by atoms with Crippen molar-refractivity contribution in [1.29, 1.82) is 0 Å². The number of hydrogen-bond donors (Lipinski definition) is 3. The number of halogens is 1. The van der Waals surface area contributed by atoms with Crippen LogP contribution in [0, 0.1) is 17.0 Å². The second-order valence-electron chi connectivity index (χ2n) is 8.15. The number of nitrogens with one attached hydrogen (secondary N) is 2. The molecule has 1 aromatic carbocycles. The van der Waals surface area contributed by atoms with Crippen molar-refractivity contribution in [2.75, 3.05) is 6.61 Å². The van der Waals surface area contributed by atoms with Gasteiger partial charge in [-0.25, -0.2) is 13.8 Å². The lowest BCUT2D eigenvalue weighted by molar-refractivity contribution is -0.149. The third kappa shape index (κ3) is 6.54. The van der Waals surface area contributed by atoms with Gasteiger partial charge in [0, 0.05) is 6.20 Å². The van der Waals surface area contributed by atoms with Crippen molar-refractivity contribution in [2.45, 2.75) is 44.7 Å². The number of rotatable bonds is 10. The van der Waals surface area contributed by atoms with Crippen LogP contribution < -0.4 is 15.3 Å². The molecule has 14 heteroatoms. The first kappa shape index (κ1) is 28.3.